The molecule has 0 aliphatic carbocycles. The number of likely N-dealkylation sites (tertiary alicyclic amines) is 1. The van der Waals surface area contributed by atoms with E-state index in [9.17, 15) is 14.4 Å². The lowest BCUT2D eigenvalue weighted by molar-refractivity contribution is -0.142. The second kappa shape index (κ2) is 8.49. The minimum Gasteiger partial charge on any atom is -0.356 e. The molecule has 8 nitrogen and oxygen atoms in total. The van der Waals surface area contributed by atoms with Crippen molar-refractivity contribution in [2.75, 3.05) is 19.6 Å². The van der Waals surface area contributed by atoms with Gasteiger partial charge >= 0.3 is 5.69 Å². The summed E-state index contributed by atoms with van der Waals surface area (Å²) in [6, 6.07) is 0. The lowest BCUT2D eigenvalue weighted by Gasteiger charge is -2.35. The zero-order chi connectivity index (χ0) is 20.3. The summed E-state index contributed by atoms with van der Waals surface area (Å²) in [5.41, 5.74) is -0.459. The number of aromatic nitrogens is 3. The fourth-order valence-corrected chi connectivity index (χ4v) is 4.03. The van der Waals surface area contributed by atoms with Crippen LogP contribution in [0.3, 0.4) is 0 Å². The summed E-state index contributed by atoms with van der Waals surface area (Å²) in [6.45, 7) is 8.74. The van der Waals surface area contributed by atoms with E-state index in [0.29, 0.717) is 26.1 Å². The maximum Gasteiger partial charge on any atom is 0.345 e. The maximum absolute atomic E-state index is 12.5. The van der Waals surface area contributed by atoms with Crippen molar-refractivity contribution in [2.24, 2.45) is 11.3 Å². The van der Waals surface area contributed by atoms with Crippen LogP contribution in [0.5, 0.6) is 0 Å². The molecule has 0 aromatic carbocycles. The van der Waals surface area contributed by atoms with Crippen LogP contribution >= 0.6 is 0 Å². The summed E-state index contributed by atoms with van der Waals surface area (Å²) in [6.07, 6.45) is 5.32. The fraction of sp³-hybridized carbons (Fsp3) is 0.800. The highest BCUT2D eigenvalue weighted by atomic mass is 16.2. The smallest absolute Gasteiger partial charge is 0.345 e. The number of carbonyl (C=O) groups is 2. The fourth-order valence-electron chi connectivity index (χ4n) is 4.03. The maximum atomic E-state index is 12.5. The molecule has 0 radical (unpaired) electrons. The highest BCUT2D eigenvalue weighted by Crippen LogP contribution is 2.23. The Labute approximate surface area is 166 Å². The Morgan fingerprint density at radius 2 is 1.96 bits per heavy atom. The van der Waals surface area contributed by atoms with E-state index in [0.717, 1.165) is 51.0 Å². The zero-order valence-electron chi connectivity index (χ0n) is 17.4. The van der Waals surface area contributed by atoms with Gasteiger partial charge in [-0.3, -0.25) is 14.2 Å². The number of aryl methyl sites for hydroxylation is 2. The molecule has 1 aromatic rings. The van der Waals surface area contributed by atoms with E-state index in [1.165, 1.54) is 4.68 Å². The molecule has 1 N–H and O–H groups in total. The molecule has 1 saturated heterocycles. The molecule has 1 atom stereocenters. The highest BCUT2D eigenvalue weighted by molar-refractivity contribution is 5.83. The van der Waals surface area contributed by atoms with Gasteiger partial charge in [-0.15, -0.1) is 0 Å². The average molecular weight is 392 g/mol. The molecular formula is C20H33N5O3. The van der Waals surface area contributed by atoms with Crippen LogP contribution in [-0.4, -0.2) is 50.7 Å². The van der Waals surface area contributed by atoms with E-state index < -0.39 is 5.41 Å². The highest BCUT2D eigenvalue weighted by Gasteiger charge is 2.33. The Bertz CT molecular complexity index is 774. The summed E-state index contributed by atoms with van der Waals surface area (Å²) in [7, 11) is 0. The molecular weight excluding hydrogens is 358 g/mol. The number of nitrogens with zero attached hydrogens (tertiary/aromatic N) is 4. The number of carbonyl (C=O) groups excluding carboxylic acids is 2. The molecule has 3 heterocycles. The van der Waals surface area contributed by atoms with Crippen LogP contribution < -0.4 is 11.0 Å². The first kappa shape index (κ1) is 20.6. The molecule has 1 aromatic heterocycles. The molecule has 156 valence electrons. The summed E-state index contributed by atoms with van der Waals surface area (Å²) in [5.74, 6) is 0.838. The number of piperidine rings is 1. The van der Waals surface area contributed by atoms with Gasteiger partial charge < -0.3 is 10.2 Å². The number of hydrogen-bond donors (Lipinski definition) is 1. The van der Waals surface area contributed by atoms with Gasteiger partial charge in [-0.2, -0.15) is 5.10 Å². The van der Waals surface area contributed by atoms with Gasteiger partial charge in [0.15, 0.2) is 0 Å². The summed E-state index contributed by atoms with van der Waals surface area (Å²) >= 11 is 0. The van der Waals surface area contributed by atoms with Crippen LogP contribution in [0.2, 0.25) is 0 Å². The molecule has 1 fully saturated rings. The standard InChI is InChI=1S/C20H33N5O3/c1-20(2,3)18(27)23-11-6-8-15(14-23)17(26)21-10-7-13-25-19(28)24-12-5-4-9-16(24)22-25/h15H,4-14H2,1-3H3,(H,21,26). The topological polar surface area (TPSA) is 89.2 Å². The van der Waals surface area contributed by atoms with E-state index in [2.05, 4.69) is 10.4 Å². The monoisotopic (exact) mass is 391 g/mol. The first-order chi connectivity index (χ1) is 13.3. The molecule has 2 amide bonds. The Morgan fingerprint density at radius 1 is 1.18 bits per heavy atom. The largest absolute Gasteiger partial charge is 0.356 e. The van der Waals surface area contributed by atoms with Crippen molar-refractivity contribution in [2.45, 2.75) is 72.4 Å². The summed E-state index contributed by atoms with van der Waals surface area (Å²) in [5, 5.41) is 7.39. The quantitative estimate of drug-likeness (QED) is 0.763. The van der Waals surface area contributed by atoms with E-state index in [1.54, 1.807) is 4.57 Å². The predicted molar refractivity (Wildman–Crippen MR) is 106 cm³/mol. The molecule has 0 saturated carbocycles. The van der Waals surface area contributed by atoms with Crippen LogP contribution in [0.4, 0.5) is 0 Å². The van der Waals surface area contributed by atoms with Crippen molar-refractivity contribution in [3.8, 4) is 0 Å². The Morgan fingerprint density at radius 3 is 2.68 bits per heavy atom. The van der Waals surface area contributed by atoms with Gasteiger partial charge in [-0.05, 0) is 32.1 Å². The van der Waals surface area contributed by atoms with Crippen molar-refractivity contribution in [1.29, 1.82) is 0 Å². The van der Waals surface area contributed by atoms with Crippen molar-refractivity contribution in [3.05, 3.63) is 16.3 Å². The molecule has 2 aliphatic rings. The van der Waals surface area contributed by atoms with Gasteiger partial charge in [0.05, 0.1) is 5.92 Å². The SMILES string of the molecule is CC(C)(C)C(=O)N1CCCC(C(=O)NCCCn2nc3n(c2=O)CCCC3)C1. The first-order valence-electron chi connectivity index (χ1n) is 10.5. The van der Waals surface area contributed by atoms with Crippen LogP contribution in [0.25, 0.3) is 0 Å². The van der Waals surface area contributed by atoms with Gasteiger partial charge in [0.2, 0.25) is 11.8 Å². The van der Waals surface area contributed by atoms with Gasteiger partial charge in [0, 0.05) is 44.6 Å². The molecule has 8 heteroatoms. The summed E-state index contributed by atoms with van der Waals surface area (Å²) in [4.78, 5) is 39.1. The number of hydrogen-bond acceptors (Lipinski definition) is 4. The van der Waals surface area contributed by atoms with Crippen molar-refractivity contribution in [1.82, 2.24) is 24.6 Å². The lowest BCUT2D eigenvalue weighted by atomic mass is 9.91. The summed E-state index contributed by atoms with van der Waals surface area (Å²) < 4.78 is 3.29. The zero-order valence-corrected chi connectivity index (χ0v) is 17.4. The van der Waals surface area contributed by atoms with E-state index in [1.807, 2.05) is 25.7 Å². The third kappa shape index (κ3) is 4.64. The van der Waals surface area contributed by atoms with Crippen LogP contribution in [-0.2, 0) is 29.1 Å². The Balaban J connectivity index is 1.45. The van der Waals surface area contributed by atoms with Crippen molar-refractivity contribution < 1.29 is 9.59 Å². The van der Waals surface area contributed by atoms with Gasteiger partial charge in [-0.1, -0.05) is 20.8 Å². The third-order valence-electron chi connectivity index (χ3n) is 5.60. The second-order valence-corrected chi connectivity index (χ2v) is 9.02. The minimum absolute atomic E-state index is 0.00268. The second-order valence-electron chi connectivity index (χ2n) is 9.02. The minimum atomic E-state index is -0.421. The van der Waals surface area contributed by atoms with Crippen LogP contribution in [0, 0.1) is 11.3 Å². The molecule has 3 rings (SSSR count). The first-order valence-corrected chi connectivity index (χ1v) is 10.5. The molecule has 1 unspecified atom stereocenters. The number of nitrogens with one attached hydrogen (secondary N) is 1. The van der Waals surface area contributed by atoms with E-state index >= 15 is 0 Å². The van der Waals surface area contributed by atoms with Gasteiger partial charge in [0.1, 0.15) is 5.82 Å². The average Bonchev–Trinajstić information content (AvgIpc) is 3.00. The normalized spacial score (nSPS) is 20.0. The molecule has 2 aliphatic heterocycles. The molecule has 28 heavy (non-hydrogen) atoms. The molecule has 0 bridgehead atoms. The number of rotatable bonds is 5. The number of fused-ring (bicyclic) bond motifs is 1. The van der Waals surface area contributed by atoms with Gasteiger partial charge in [-0.25, -0.2) is 9.48 Å². The van der Waals surface area contributed by atoms with Gasteiger partial charge in [0.25, 0.3) is 0 Å². The Kier molecular flexibility index (Phi) is 6.25. The third-order valence-corrected chi connectivity index (χ3v) is 5.60. The van der Waals surface area contributed by atoms with Crippen LogP contribution in [0.1, 0.15) is 58.7 Å². The lowest BCUT2D eigenvalue weighted by Crippen LogP contribution is -2.48. The Hall–Kier alpha value is -2.12. The van der Waals surface area contributed by atoms with E-state index in [4.69, 9.17) is 0 Å². The number of amides is 2. The van der Waals surface area contributed by atoms with Crippen LogP contribution in [0.15, 0.2) is 4.79 Å². The van der Waals surface area contributed by atoms with Crippen molar-refractivity contribution >= 4 is 11.8 Å². The molecule has 0 spiro atoms. The van der Waals surface area contributed by atoms with Crippen molar-refractivity contribution in [3.63, 3.8) is 0 Å². The predicted octanol–water partition coefficient (Wildman–Crippen LogP) is 1.17. The van der Waals surface area contributed by atoms with E-state index in [-0.39, 0.29) is 23.4 Å².